The number of aliphatic imine (C=N–C) groups is 3. The number of hydrogen-bond donors (Lipinski definition) is 1. The zero-order valence-corrected chi connectivity index (χ0v) is 18.0. The predicted molar refractivity (Wildman–Crippen MR) is 123 cm³/mol. The summed E-state index contributed by atoms with van der Waals surface area (Å²) in [7, 11) is 0. The molecular weight excluding hydrogens is 452 g/mol. The van der Waals surface area contributed by atoms with E-state index >= 15 is 0 Å². The first-order chi connectivity index (χ1) is 17.0. The fourth-order valence-electron chi connectivity index (χ4n) is 3.00. The van der Waals surface area contributed by atoms with Crippen LogP contribution in [0.25, 0.3) is 0 Å². The van der Waals surface area contributed by atoms with E-state index in [0.717, 1.165) is 0 Å². The maximum Gasteiger partial charge on any atom is 0.334 e. The SMILES string of the molecule is O=C=Nc1ccc(CC(NC(=O)c2ccc(N=C=O)cc2)C(=O)Oc2ccc(N=C=O)cc2)cc1. The molecule has 1 N–H and O–H groups in total. The molecule has 1 amide bonds. The zero-order chi connectivity index (χ0) is 25.0. The van der Waals surface area contributed by atoms with Crippen LogP contribution in [0.5, 0.6) is 5.75 Å². The molecule has 0 aliphatic rings. The van der Waals surface area contributed by atoms with Crippen LogP contribution in [0.2, 0.25) is 0 Å². The van der Waals surface area contributed by atoms with Gasteiger partial charge in [-0.15, -0.1) is 0 Å². The Kier molecular flexibility index (Phi) is 8.43. The topological polar surface area (TPSA) is 144 Å². The molecule has 3 rings (SSSR count). The lowest BCUT2D eigenvalue weighted by Gasteiger charge is -2.18. The number of esters is 1. The van der Waals surface area contributed by atoms with E-state index in [2.05, 4.69) is 20.3 Å². The molecule has 0 bridgehead atoms. The van der Waals surface area contributed by atoms with Crippen LogP contribution in [0.15, 0.2) is 87.8 Å². The van der Waals surface area contributed by atoms with Crippen molar-refractivity contribution in [2.45, 2.75) is 12.5 Å². The van der Waals surface area contributed by atoms with Gasteiger partial charge < -0.3 is 10.1 Å². The van der Waals surface area contributed by atoms with Crippen molar-refractivity contribution in [2.24, 2.45) is 15.0 Å². The Bertz CT molecular complexity index is 1350. The Morgan fingerprint density at radius 1 is 0.714 bits per heavy atom. The summed E-state index contributed by atoms with van der Waals surface area (Å²) in [5.41, 5.74) is 1.96. The molecule has 172 valence electrons. The number of carbonyl (C=O) groups is 2. The molecule has 0 heterocycles. The van der Waals surface area contributed by atoms with E-state index in [-0.39, 0.29) is 17.7 Å². The van der Waals surface area contributed by atoms with Crippen LogP contribution >= 0.6 is 0 Å². The zero-order valence-electron chi connectivity index (χ0n) is 18.0. The van der Waals surface area contributed by atoms with Gasteiger partial charge in [0.1, 0.15) is 11.8 Å². The second-order valence-corrected chi connectivity index (χ2v) is 6.97. The number of ether oxygens (including phenoxy) is 1. The minimum atomic E-state index is -1.08. The summed E-state index contributed by atoms with van der Waals surface area (Å²) in [4.78, 5) is 67.4. The summed E-state index contributed by atoms with van der Waals surface area (Å²) in [6, 6.07) is 17.0. The largest absolute Gasteiger partial charge is 0.425 e. The molecular formula is C25H16N4O6. The molecule has 0 aliphatic heterocycles. The number of benzene rings is 3. The molecule has 0 spiro atoms. The third-order valence-corrected chi connectivity index (χ3v) is 4.67. The van der Waals surface area contributed by atoms with Crippen molar-refractivity contribution in [3.05, 3.63) is 83.9 Å². The minimum Gasteiger partial charge on any atom is -0.425 e. The molecule has 10 nitrogen and oxygen atoms in total. The van der Waals surface area contributed by atoms with E-state index < -0.39 is 17.9 Å². The van der Waals surface area contributed by atoms with Crippen LogP contribution in [-0.2, 0) is 25.6 Å². The standard InChI is InChI=1S/C25H16N4O6/c30-14-26-19-5-1-17(2-6-19)13-23(25(34)35-22-11-9-21(10-12-22)28-16-32)29-24(33)18-3-7-20(8-4-18)27-15-31/h1-12,23H,13H2,(H,29,33). The highest BCUT2D eigenvalue weighted by Crippen LogP contribution is 2.19. The maximum atomic E-state index is 13.0. The van der Waals surface area contributed by atoms with Crippen molar-refractivity contribution in [1.82, 2.24) is 5.32 Å². The highest BCUT2D eigenvalue weighted by atomic mass is 16.5. The number of hydrogen-bond acceptors (Lipinski definition) is 9. The van der Waals surface area contributed by atoms with Gasteiger partial charge in [0.25, 0.3) is 5.91 Å². The maximum absolute atomic E-state index is 13.0. The lowest BCUT2D eigenvalue weighted by molar-refractivity contribution is -0.136. The first-order valence-electron chi connectivity index (χ1n) is 10.1. The first-order valence-corrected chi connectivity index (χ1v) is 10.1. The van der Waals surface area contributed by atoms with Gasteiger partial charge >= 0.3 is 5.97 Å². The van der Waals surface area contributed by atoms with E-state index in [4.69, 9.17) is 4.74 Å². The second-order valence-electron chi connectivity index (χ2n) is 6.97. The molecule has 0 saturated carbocycles. The average molecular weight is 468 g/mol. The van der Waals surface area contributed by atoms with E-state index in [0.29, 0.717) is 22.6 Å². The number of carbonyl (C=O) groups excluding carboxylic acids is 5. The van der Waals surface area contributed by atoms with Crippen molar-refractivity contribution >= 4 is 47.2 Å². The molecule has 0 fully saturated rings. The lowest BCUT2D eigenvalue weighted by Crippen LogP contribution is -2.44. The van der Waals surface area contributed by atoms with Crippen molar-refractivity contribution < 1.29 is 28.7 Å². The van der Waals surface area contributed by atoms with Gasteiger partial charge in [-0.25, -0.2) is 19.2 Å². The highest BCUT2D eigenvalue weighted by molar-refractivity contribution is 5.97. The first kappa shape index (κ1) is 24.4. The van der Waals surface area contributed by atoms with Gasteiger partial charge in [0.05, 0.1) is 17.1 Å². The van der Waals surface area contributed by atoms with Crippen LogP contribution < -0.4 is 10.1 Å². The number of amides is 1. The molecule has 10 heteroatoms. The number of isocyanates is 3. The van der Waals surface area contributed by atoms with Crippen molar-refractivity contribution in [3.8, 4) is 5.75 Å². The summed E-state index contributed by atoms with van der Waals surface area (Å²) < 4.78 is 5.41. The third kappa shape index (κ3) is 7.12. The van der Waals surface area contributed by atoms with Gasteiger partial charge in [-0.1, -0.05) is 12.1 Å². The summed E-state index contributed by atoms with van der Waals surface area (Å²) in [5.74, 6) is -1.10. The normalized spacial score (nSPS) is 10.5. The average Bonchev–Trinajstić information content (AvgIpc) is 2.87. The Morgan fingerprint density at radius 2 is 1.17 bits per heavy atom. The van der Waals surface area contributed by atoms with Crippen LogP contribution in [0.3, 0.4) is 0 Å². The van der Waals surface area contributed by atoms with E-state index in [1.54, 1.807) is 24.3 Å². The van der Waals surface area contributed by atoms with Gasteiger partial charge in [-0.2, -0.15) is 15.0 Å². The molecule has 1 unspecified atom stereocenters. The monoisotopic (exact) mass is 468 g/mol. The third-order valence-electron chi connectivity index (χ3n) is 4.67. The summed E-state index contributed by atoms with van der Waals surface area (Å²) in [6.07, 6.45) is 4.36. The van der Waals surface area contributed by atoms with Gasteiger partial charge in [-0.3, -0.25) is 4.79 Å². The predicted octanol–water partition coefficient (Wildman–Crippen LogP) is 3.54. The molecule has 35 heavy (non-hydrogen) atoms. The molecule has 0 saturated heterocycles. The molecule has 1 atom stereocenters. The quantitative estimate of drug-likeness (QED) is 0.220. The van der Waals surface area contributed by atoms with Gasteiger partial charge in [0.2, 0.25) is 18.2 Å². The Labute approximate surface area is 198 Å². The Balaban J connectivity index is 1.81. The van der Waals surface area contributed by atoms with Crippen molar-refractivity contribution in [3.63, 3.8) is 0 Å². The van der Waals surface area contributed by atoms with E-state index in [9.17, 15) is 24.0 Å². The van der Waals surface area contributed by atoms with E-state index in [1.165, 1.54) is 66.8 Å². The number of rotatable bonds is 9. The molecule has 0 aromatic heterocycles. The molecule has 3 aromatic carbocycles. The van der Waals surface area contributed by atoms with Crippen molar-refractivity contribution in [1.29, 1.82) is 0 Å². The van der Waals surface area contributed by atoms with Crippen molar-refractivity contribution in [2.75, 3.05) is 0 Å². The Hall–Kier alpha value is -5.26. The molecule has 0 radical (unpaired) electrons. The second kappa shape index (κ2) is 12.1. The van der Waals surface area contributed by atoms with E-state index in [1.807, 2.05) is 0 Å². The van der Waals surface area contributed by atoms with Gasteiger partial charge in [-0.05, 0) is 66.2 Å². The van der Waals surface area contributed by atoms with Crippen LogP contribution in [0.4, 0.5) is 17.1 Å². The summed E-state index contributed by atoms with van der Waals surface area (Å²) in [6.45, 7) is 0. The number of nitrogens with zero attached hydrogens (tertiary/aromatic N) is 3. The molecule has 3 aromatic rings. The highest BCUT2D eigenvalue weighted by Gasteiger charge is 2.24. The smallest absolute Gasteiger partial charge is 0.334 e. The Morgan fingerprint density at radius 3 is 1.66 bits per heavy atom. The fraction of sp³-hybridized carbons (Fsp3) is 0.0800. The summed E-state index contributed by atoms with van der Waals surface area (Å²) >= 11 is 0. The fourth-order valence-corrected chi connectivity index (χ4v) is 3.00. The number of nitrogens with one attached hydrogen (secondary N) is 1. The van der Waals surface area contributed by atoms with Gasteiger partial charge in [0, 0.05) is 12.0 Å². The lowest BCUT2D eigenvalue weighted by atomic mass is 10.0. The minimum absolute atomic E-state index is 0.0801. The van der Waals surface area contributed by atoms with Crippen LogP contribution in [0.1, 0.15) is 15.9 Å². The van der Waals surface area contributed by atoms with Crippen LogP contribution in [-0.4, -0.2) is 36.2 Å². The van der Waals surface area contributed by atoms with Gasteiger partial charge in [0.15, 0.2) is 0 Å². The molecule has 0 aliphatic carbocycles. The van der Waals surface area contributed by atoms with Crippen LogP contribution in [0, 0.1) is 0 Å². The summed E-state index contributed by atoms with van der Waals surface area (Å²) in [5, 5.41) is 2.65.